The smallest absolute Gasteiger partial charge is 0.0475 e. The van der Waals surface area contributed by atoms with Crippen LogP contribution in [0.5, 0.6) is 0 Å². The summed E-state index contributed by atoms with van der Waals surface area (Å²) < 4.78 is 0. The summed E-state index contributed by atoms with van der Waals surface area (Å²) in [5.74, 6) is 0. The van der Waals surface area contributed by atoms with Crippen LogP contribution >= 0.6 is 0 Å². The third-order valence-corrected chi connectivity index (χ3v) is 4.94. The highest BCUT2D eigenvalue weighted by atomic mass is 15.2. The first-order valence-corrected chi connectivity index (χ1v) is 8.53. The molecule has 0 aliphatic carbocycles. The van der Waals surface area contributed by atoms with Crippen LogP contribution in [0.1, 0.15) is 58.2 Å². The van der Waals surface area contributed by atoms with Gasteiger partial charge in [-0.25, -0.2) is 0 Å². The molecule has 0 amide bonds. The highest BCUT2D eigenvalue weighted by Crippen LogP contribution is 2.33. The molecular weight excluding hydrogens is 256 g/mol. The van der Waals surface area contributed by atoms with Gasteiger partial charge in [0, 0.05) is 18.6 Å². The van der Waals surface area contributed by atoms with Gasteiger partial charge in [0.25, 0.3) is 0 Å². The predicted octanol–water partition coefficient (Wildman–Crippen LogP) is 4.02. The van der Waals surface area contributed by atoms with Crippen LogP contribution in [0, 0.1) is 5.41 Å². The van der Waals surface area contributed by atoms with Crippen molar-refractivity contribution in [3.8, 4) is 0 Å². The van der Waals surface area contributed by atoms with Crippen molar-refractivity contribution in [1.82, 2.24) is 10.2 Å². The van der Waals surface area contributed by atoms with E-state index < -0.39 is 0 Å². The van der Waals surface area contributed by atoms with E-state index >= 15 is 0 Å². The van der Waals surface area contributed by atoms with Gasteiger partial charge in [0.05, 0.1) is 0 Å². The molecule has 1 saturated heterocycles. The first-order valence-electron chi connectivity index (χ1n) is 8.53. The monoisotopic (exact) mass is 288 g/mol. The molecule has 1 aromatic carbocycles. The van der Waals surface area contributed by atoms with Crippen LogP contribution in [0.3, 0.4) is 0 Å². The number of likely N-dealkylation sites (tertiary alicyclic amines) is 1. The minimum absolute atomic E-state index is 0.426. The number of hydrogen-bond acceptors (Lipinski definition) is 2. The van der Waals surface area contributed by atoms with Gasteiger partial charge in [-0.05, 0) is 49.4 Å². The van der Waals surface area contributed by atoms with E-state index in [9.17, 15) is 0 Å². The molecular formula is C19H32N2. The standard InChI is InChI=1S/C19H32N2/c1-6-16-8-10-17(11-9-16)18(20-7-2)15(3)21-13-12-19(4,5)14-21/h8-11,15,18,20H,6-7,12-14H2,1-5H3. The van der Waals surface area contributed by atoms with Crippen molar-refractivity contribution in [3.63, 3.8) is 0 Å². The molecule has 2 rings (SSSR count). The average Bonchev–Trinajstić information content (AvgIpc) is 2.84. The van der Waals surface area contributed by atoms with Crippen LogP contribution in [-0.4, -0.2) is 30.6 Å². The fourth-order valence-corrected chi connectivity index (χ4v) is 3.46. The largest absolute Gasteiger partial charge is 0.309 e. The van der Waals surface area contributed by atoms with Gasteiger partial charge in [0.1, 0.15) is 0 Å². The number of benzene rings is 1. The van der Waals surface area contributed by atoms with Crippen LogP contribution < -0.4 is 5.32 Å². The van der Waals surface area contributed by atoms with E-state index in [1.165, 1.54) is 30.6 Å². The molecule has 2 heteroatoms. The minimum atomic E-state index is 0.426. The summed E-state index contributed by atoms with van der Waals surface area (Å²) in [6, 6.07) is 10.1. The average molecular weight is 288 g/mol. The third-order valence-electron chi connectivity index (χ3n) is 4.94. The molecule has 2 unspecified atom stereocenters. The number of likely N-dealkylation sites (N-methyl/N-ethyl adjacent to an activating group) is 1. The number of aryl methyl sites for hydroxylation is 1. The van der Waals surface area contributed by atoms with Crippen LogP contribution in [0.15, 0.2) is 24.3 Å². The van der Waals surface area contributed by atoms with Crippen molar-refractivity contribution < 1.29 is 0 Å². The molecule has 0 aromatic heterocycles. The molecule has 2 atom stereocenters. The Bertz CT molecular complexity index is 435. The van der Waals surface area contributed by atoms with Crippen LogP contribution in [0.2, 0.25) is 0 Å². The van der Waals surface area contributed by atoms with Gasteiger partial charge in [0.15, 0.2) is 0 Å². The Morgan fingerprint density at radius 2 is 1.86 bits per heavy atom. The number of nitrogens with zero attached hydrogens (tertiary/aromatic N) is 1. The number of rotatable bonds is 6. The maximum atomic E-state index is 3.70. The topological polar surface area (TPSA) is 15.3 Å². The Balaban J connectivity index is 2.13. The van der Waals surface area contributed by atoms with Crippen molar-refractivity contribution in [2.45, 2.75) is 59.5 Å². The molecule has 21 heavy (non-hydrogen) atoms. The molecule has 0 bridgehead atoms. The molecule has 0 spiro atoms. The van der Waals surface area contributed by atoms with Crippen LogP contribution in [0.25, 0.3) is 0 Å². The van der Waals surface area contributed by atoms with Gasteiger partial charge in [-0.15, -0.1) is 0 Å². The van der Waals surface area contributed by atoms with Gasteiger partial charge in [0.2, 0.25) is 0 Å². The van der Waals surface area contributed by atoms with Crippen molar-refractivity contribution in [2.75, 3.05) is 19.6 Å². The Morgan fingerprint density at radius 3 is 2.33 bits per heavy atom. The Kier molecular flexibility index (Phi) is 5.45. The molecule has 0 radical (unpaired) electrons. The Hall–Kier alpha value is -0.860. The molecule has 1 aromatic rings. The second-order valence-electron chi connectivity index (χ2n) is 7.26. The number of hydrogen-bond donors (Lipinski definition) is 1. The van der Waals surface area contributed by atoms with Crippen molar-refractivity contribution in [3.05, 3.63) is 35.4 Å². The maximum absolute atomic E-state index is 3.70. The van der Waals surface area contributed by atoms with Gasteiger partial charge in [-0.3, -0.25) is 4.90 Å². The highest BCUT2D eigenvalue weighted by Gasteiger charge is 2.34. The minimum Gasteiger partial charge on any atom is -0.309 e. The molecule has 0 saturated carbocycles. The van der Waals surface area contributed by atoms with Gasteiger partial charge >= 0.3 is 0 Å². The van der Waals surface area contributed by atoms with Crippen LogP contribution in [-0.2, 0) is 6.42 Å². The Labute approximate surface area is 130 Å². The molecule has 1 N–H and O–H groups in total. The lowest BCUT2D eigenvalue weighted by atomic mass is 9.93. The van der Waals surface area contributed by atoms with E-state index in [0.717, 1.165) is 13.0 Å². The molecule has 1 aliphatic heterocycles. The van der Waals surface area contributed by atoms with E-state index in [-0.39, 0.29) is 0 Å². The molecule has 1 fully saturated rings. The second-order valence-corrected chi connectivity index (χ2v) is 7.26. The van der Waals surface area contributed by atoms with E-state index in [1.54, 1.807) is 0 Å². The fourth-order valence-electron chi connectivity index (χ4n) is 3.46. The van der Waals surface area contributed by atoms with Gasteiger partial charge in [-0.1, -0.05) is 52.0 Å². The summed E-state index contributed by atoms with van der Waals surface area (Å²) in [6.45, 7) is 15.0. The lowest BCUT2D eigenvalue weighted by molar-refractivity contribution is 0.188. The molecule has 1 heterocycles. The second kappa shape index (κ2) is 6.93. The summed E-state index contributed by atoms with van der Waals surface area (Å²) in [6.07, 6.45) is 2.42. The quantitative estimate of drug-likeness (QED) is 0.850. The zero-order chi connectivity index (χ0) is 15.5. The Morgan fingerprint density at radius 1 is 1.19 bits per heavy atom. The SMILES string of the molecule is CCNC(c1ccc(CC)cc1)C(C)N1CCC(C)(C)C1. The van der Waals surface area contributed by atoms with E-state index in [4.69, 9.17) is 0 Å². The summed E-state index contributed by atoms with van der Waals surface area (Å²) in [7, 11) is 0. The lowest BCUT2D eigenvalue weighted by Gasteiger charge is -2.33. The summed E-state index contributed by atoms with van der Waals surface area (Å²) in [4.78, 5) is 2.65. The van der Waals surface area contributed by atoms with Crippen LogP contribution in [0.4, 0.5) is 0 Å². The summed E-state index contributed by atoms with van der Waals surface area (Å²) >= 11 is 0. The van der Waals surface area contributed by atoms with E-state index in [2.05, 4.69) is 69.1 Å². The van der Waals surface area contributed by atoms with Gasteiger partial charge in [-0.2, -0.15) is 0 Å². The van der Waals surface area contributed by atoms with Crippen molar-refractivity contribution in [1.29, 1.82) is 0 Å². The first-order chi connectivity index (χ1) is 9.96. The zero-order valence-electron chi connectivity index (χ0n) is 14.4. The van der Waals surface area contributed by atoms with Crippen molar-refractivity contribution >= 4 is 0 Å². The summed E-state index contributed by atoms with van der Waals surface area (Å²) in [5.41, 5.74) is 3.31. The van der Waals surface area contributed by atoms with Crippen molar-refractivity contribution in [2.24, 2.45) is 5.41 Å². The third kappa shape index (κ3) is 4.08. The van der Waals surface area contributed by atoms with Gasteiger partial charge < -0.3 is 5.32 Å². The zero-order valence-corrected chi connectivity index (χ0v) is 14.4. The molecule has 2 nitrogen and oxygen atoms in total. The van der Waals surface area contributed by atoms with E-state index in [0.29, 0.717) is 17.5 Å². The molecule has 1 aliphatic rings. The van der Waals surface area contributed by atoms with E-state index in [1.807, 2.05) is 0 Å². The first kappa shape index (κ1) is 16.5. The maximum Gasteiger partial charge on any atom is 0.0475 e. The normalized spacial score (nSPS) is 21.4. The predicted molar refractivity (Wildman–Crippen MR) is 91.7 cm³/mol. The summed E-state index contributed by atoms with van der Waals surface area (Å²) in [5, 5.41) is 3.70. The number of nitrogens with one attached hydrogen (secondary N) is 1. The lowest BCUT2D eigenvalue weighted by Crippen LogP contribution is -2.42. The highest BCUT2D eigenvalue weighted by molar-refractivity contribution is 5.26. The fraction of sp³-hybridized carbons (Fsp3) is 0.684. The molecule has 118 valence electrons.